The molecule has 0 N–H and O–H groups in total. The summed E-state index contributed by atoms with van der Waals surface area (Å²) in [6.45, 7) is 2.38. The van der Waals surface area contributed by atoms with Crippen molar-refractivity contribution in [1.82, 2.24) is 20.1 Å². The molecule has 0 unspecified atom stereocenters. The second-order valence-electron chi connectivity index (χ2n) is 5.70. The molecule has 1 aliphatic rings. The summed E-state index contributed by atoms with van der Waals surface area (Å²) in [6, 6.07) is 5.43. The van der Waals surface area contributed by atoms with Crippen LogP contribution in [0.2, 0.25) is 0 Å². The van der Waals surface area contributed by atoms with Crippen molar-refractivity contribution in [1.29, 1.82) is 0 Å². The normalized spacial score (nSPS) is 16.0. The second-order valence-corrected chi connectivity index (χ2v) is 5.70. The minimum absolute atomic E-state index is 0.0902. The van der Waals surface area contributed by atoms with Gasteiger partial charge in [-0.1, -0.05) is 6.07 Å². The number of aromatic nitrogens is 3. The zero-order valence-electron chi connectivity index (χ0n) is 12.7. The van der Waals surface area contributed by atoms with E-state index in [-0.39, 0.29) is 13.0 Å². The van der Waals surface area contributed by atoms with Gasteiger partial charge in [-0.3, -0.25) is 9.37 Å². The lowest BCUT2D eigenvalue weighted by atomic mass is 9.82. The molecule has 0 spiro atoms. The lowest BCUT2D eigenvalue weighted by Gasteiger charge is -2.44. The SMILES string of the molecule is CC1(c2nnc(-c3ccccn3)o2)CN(C(=O)OCCCF)C1. The molecule has 0 aliphatic carbocycles. The number of hydrogen-bond donors (Lipinski definition) is 0. The van der Waals surface area contributed by atoms with E-state index in [2.05, 4.69) is 15.2 Å². The van der Waals surface area contributed by atoms with Crippen molar-refractivity contribution in [3.8, 4) is 11.6 Å². The van der Waals surface area contributed by atoms with Crippen molar-refractivity contribution < 1.29 is 18.3 Å². The molecule has 0 saturated carbocycles. The van der Waals surface area contributed by atoms with Crippen LogP contribution in [0, 0.1) is 0 Å². The van der Waals surface area contributed by atoms with Gasteiger partial charge in [0.1, 0.15) is 5.69 Å². The van der Waals surface area contributed by atoms with Gasteiger partial charge in [-0.05, 0) is 19.1 Å². The van der Waals surface area contributed by atoms with Gasteiger partial charge in [-0.2, -0.15) is 0 Å². The topological polar surface area (TPSA) is 81.4 Å². The third kappa shape index (κ3) is 3.15. The highest BCUT2D eigenvalue weighted by Crippen LogP contribution is 2.34. The minimum Gasteiger partial charge on any atom is -0.449 e. The van der Waals surface area contributed by atoms with Gasteiger partial charge in [-0.25, -0.2) is 4.79 Å². The van der Waals surface area contributed by atoms with Crippen molar-refractivity contribution >= 4 is 6.09 Å². The fraction of sp³-hybridized carbons (Fsp3) is 0.467. The van der Waals surface area contributed by atoms with Crippen LogP contribution in [0.5, 0.6) is 0 Å². The van der Waals surface area contributed by atoms with Crippen LogP contribution in [0.1, 0.15) is 19.2 Å². The zero-order valence-corrected chi connectivity index (χ0v) is 12.7. The molecular formula is C15H17FN4O3. The maximum Gasteiger partial charge on any atom is 0.409 e. The predicted octanol–water partition coefficient (Wildman–Crippen LogP) is 2.20. The lowest BCUT2D eigenvalue weighted by molar-refractivity contribution is 0.0329. The van der Waals surface area contributed by atoms with Crippen LogP contribution in [0.4, 0.5) is 9.18 Å². The van der Waals surface area contributed by atoms with E-state index in [1.165, 1.54) is 4.90 Å². The third-order valence-corrected chi connectivity index (χ3v) is 3.67. The summed E-state index contributed by atoms with van der Waals surface area (Å²) in [5.74, 6) is 0.816. The van der Waals surface area contributed by atoms with Crippen LogP contribution >= 0.6 is 0 Å². The maximum atomic E-state index is 12.0. The Balaban J connectivity index is 1.61. The van der Waals surface area contributed by atoms with Crippen LogP contribution in [-0.4, -0.2) is 52.5 Å². The van der Waals surface area contributed by atoms with E-state index in [1.807, 2.05) is 13.0 Å². The van der Waals surface area contributed by atoms with Gasteiger partial charge < -0.3 is 14.1 Å². The van der Waals surface area contributed by atoms with E-state index in [4.69, 9.17) is 9.15 Å². The first-order valence-electron chi connectivity index (χ1n) is 7.35. The Labute approximate surface area is 132 Å². The number of hydrogen-bond acceptors (Lipinski definition) is 6. The van der Waals surface area contributed by atoms with Gasteiger partial charge >= 0.3 is 6.09 Å². The Hall–Kier alpha value is -2.51. The number of pyridine rings is 1. The molecule has 0 radical (unpaired) electrons. The fourth-order valence-electron chi connectivity index (χ4n) is 2.43. The summed E-state index contributed by atoms with van der Waals surface area (Å²) in [4.78, 5) is 17.4. The van der Waals surface area contributed by atoms with E-state index in [0.717, 1.165) is 0 Å². The number of ether oxygens (including phenoxy) is 1. The average Bonchev–Trinajstić information content (AvgIpc) is 3.03. The van der Waals surface area contributed by atoms with Crippen LogP contribution < -0.4 is 0 Å². The summed E-state index contributed by atoms with van der Waals surface area (Å²) >= 11 is 0. The monoisotopic (exact) mass is 320 g/mol. The molecule has 1 amide bonds. The number of likely N-dealkylation sites (tertiary alicyclic amines) is 1. The number of nitrogens with zero attached hydrogens (tertiary/aromatic N) is 4. The summed E-state index contributed by atoms with van der Waals surface area (Å²) < 4.78 is 22.6. The molecule has 122 valence electrons. The first-order chi connectivity index (χ1) is 11.1. The van der Waals surface area contributed by atoms with Crippen LogP contribution in [0.15, 0.2) is 28.8 Å². The molecule has 8 heteroatoms. The van der Waals surface area contributed by atoms with Crippen LogP contribution in [0.3, 0.4) is 0 Å². The molecule has 1 aliphatic heterocycles. The Morgan fingerprint density at radius 3 is 2.96 bits per heavy atom. The summed E-state index contributed by atoms with van der Waals surface area (Å²) in [6.07, 6.45) is 1.42. The smallest absolute Gasteiger partial charge is 0.409 e. The third-order valence-electron chi connectivity index (χ3n) is 3.67. The minimum atomic E-state index is -0.497. The predicted molar refractivity (Wildman–Crippen MR) is 78.4 cm³/mol. The Bertz CT molecular complexity index is 670. The Morgan fingerprint density at radius 1 is 1.43 bits per heavy atom. The highest BCUT2D eigenvalue weighted by atomic mass is 19.1. The molecule has 7 nitrogen and oxygen atoms in total. The summed E-state index contributed by atoms with van der Waals surface area (Å²) in [5, 5.41) is 8.08. The van der Waals surface area contributed by atoms with Gasteiger partial charge in [-0.15, -0.1) is 10.2 Å². The van der Waals surface area contributed by atoms with Gasteiger partial charge in [0, 0.05) is 25.7 Å². The Kier molecular flexibility index (Phi) is 4.22. The molecule has 2 aromatic heterocycles. The molecule has 3 rings (SSSR count). The van der Waals surface area contributed by atoms with Crippen molar-refractivity contribution in [2.24, 2.45) is 0 Å². The van der Waals surface area contributed by atoms with Crippen molar-refractivity contribution in [2.45, 2.75) is 18.8 Å². The number of rotatable bonds is 5. The van der Waals surface area contributed by atoms with E-state index in [9.17, 15) is 9.18 Å². The molecule has 1 saturated heterocycles. The summed E-state index contributed by atoms with van der Waals surface area (Å²) in [7, 11) is 0. The summed E-state index contributed by atoms with van der Waals surface area (Å²) in [5.41, 5.74) is 0.204. The second kappa shape index (κ2) is 6.31. The van der Waals surface area contributed by atoms with E-state index >= 15 is 0 Å². The zero-order chi connectivity index (χ0) is 16.3. The van der Waals surface area contributed by atoms with Gasteiger partial charge in [0.2, 0.25) is 5.89 Å². The van der Waals surface area contributed by atoms with Crippen molar-refractivity contribution in [3.05, 3.63) is 30.3 Å². The highest BCUT2D eigenvalue weighted by Gasteiger charge is 2.47. The molecular weight excluding hydrogens is 303 g/mol. The standard InChI is InChI=1S/C15H17FN4O3/c1-15(9-20(10-15)14(21)22-8-4-6-16)13-19-18-12(23-13)11-5-2-3-7-17-11/h2-3,5,7H,4,6,8-10H2,1H3. The molecule has 0 aromatic carbocycles. The number of carbonyl (C=O) groups is 1. The van der Waals surface area contributed by atoms with Gasteiger partial charge in [0.05, 0.1) is 18.7 Å². The largest absolute Gasteiger partial charge is 0.449 e. The molecule has 3 heterocycles. The van der Waals surface area contributed by atoms with Crippen molar-refractivity contribution in [3.63, 3.8) is 0 Å². The molecule has 2 aromatic rings. The van der Waals surface area contributed by atoms with Crippen LogP contribution in [0.25, 0.3) is 11.6 Å². The first-order valence-corrected chi connectivity index (χ1v) is 7.35. The average molecular weight is 320 g/mol. The first kappa shape index (κ1) is 15.4. The van der Waals surface area contributed by atoms with E-state index in [0.29, 0.717) is 30.6 Å². The molecule has 0 atom stereocenters. The highest BCUT2D eigenvalue weighted by molar-refractivity contribution is 5.69. The quantitative estimate of drug-likeness (QED) is 0.786. The number of amides is 1. The van der Waals surface area contributed by atoms with Crippen LogP contribution in [-0.2, 0) is 10.2 Å². The van der Waals surface area contributed by atoms with Crippen molar-refractivity contribution in [2.75, 3.05) is 26.4 Å². The fourth-order valence-corrected chi connectivity index (χ4v) is 2.43. The van der Waals surface area contributed by atoms with Gasteiger partial charge in [0.25, 0.3) is 5.89 Å². The molecule has 1 fully saturated rings. The van der Waals surface area contributed by atoms with E-state index < -0.39 is 18.2 Å². The number of carbonyl (C=O) groups excluding carboxylic acids is 1. The van der Waals surface area contributed by atoms with Gasteiger partial charge in [0.15, 0.2) is 0 Å². The van der Waals surface area contributed by atoms with E-state index in [1.54, 1.807) is 18.3 Å². The Morgan fingerprint density at radius 2 is 2.26 bits per heavy atom. The number of alkyl halides is 1. The number of halogens is 1. The lowest BCUT2D eigenvalue weighted by Crippen LogP contribution is -2.59. The maximum absolute atomic E-state index is 12.0. The molecule has 23 heavy (non-hydrogen) atoms. The molecule has 0 bridgehead atoms.